The second kappa shape index (κ2) is 10.8. The number of hydrogen-bond donors (Lipinski definition) is 0. The SMILES string of the molecule is CCC[C@@H](C)N(CC(=O)c1ccc(OCc2ccccc2)cc1)C(=O)OC(C)(C)C. The largest absolute Gasteiger partial charge is 0.489 e. The second-order valence-electron chi connectivity index (χ2n) is 8.47. The Morgan fingerprint density at radius 3 is 2.20 bits per heavy atom. The minimum atomic E-state index is -0.609. The molecule has 1 amide bonds. The topological polar surface area (TPSA) is 55.8 Å². The van der Waals surface area contributed by atoms with Crippen molar-refractivity contribution < 1.29 is 19.1 Å². The monoisotopic (exact) mass is 411 g/mol. The first-order chi connectivity index (χ1) is 14.2. The molecule has 0 spiro atoms. The molecule has 5 nitrogen and oxygen atoms in total. The number of ether oxygens (including phenoxy) is 2. The molecule has 0 saturated heterocycles. The van der Waals surface area contributed by atoms with Crippen molar-refractivity contribution in [1.82, 2.24) is 4.90 Å². The van der Waals surface area contributed by atoms with E-state index >= 15 is 0 Å². The summed E-state index contributed by atoms with van der Waals surface area (Å²) < 4.78 is 11.3. The van der Waals surface area contributed by atoms with Crippen LogP contribution >= 0.6 is 0 Å². The van der Waals surface area contributed by atoms with Crippen molar-refractivity contribution in [3.8, 4) is 5.75 Å². The Morgan fingerprint density at radius 2 is 1.63 bits per heavy atom. The molecule has 30 heavy (non-hydrogen) atoms. The second-order valence-corrected chi connectivity index (χ2v) is 8.47. The molecule has 5 heteroatoms. The Morgan fingerprint density at radius 1 is 1.00 bits per heavy atom. The molecule has 0 radical (unpaired) electrons. The van der Waals surface area contributed by atoms with Gasteiger partial charge in [0.1, 0.15) is 18.0 Å². The number of ketones is 1. The Balaban J connectivity index is 2.02. The molecule has 0 aliphatic carbocycles. The van der Waals surface area contributed by atoms with Crippen LogP contribution in [0.25, 0.3) is 0 Å². The Labute approximate surface area is 180 Å². The lowest BCUT2D eigenvalue weighted by Crippen LogP contribution is -2.44. The maximum Gasteiger partial charge on any atom is 0.410 e. The van der Waals surface area contributed by atoms with Gasteiger partial charge < -0.3 is 9.47 Å². The number of Topliss-reactive ketones (excluding diaryl/α,β-unsaturated/α-hetero) is 1. The number of benzene rings is 2. The van der Waals surface area contributed by atoms with Crippen LogP contribution < -0.4 is 4.74 Å². The molecule has 0 unspecified atom stereocenters. The van der Waals surface area contributed by atoms with Crippen LogP contribution in [-0.4, -0.2) is 35.0 Å². The molecule has 2 aromatic carbocycles. The first-order valence-corrected chi connectivity index (χ1v) is 10.5. The highest BCUT2D eigenvalue weighted by Gasteiger charge is 2.27. The predicted octanol–water partition coefficient (Wildman–Crippen LogP) is 5.87. The Bertz CT molecular complexity index is 809. The molecule has 0 saturated carbocycles. The molecular weight excluding hydrogens is 378 g/mol. The van der Waals surface area contributed by atoms with E-state index in [1.165, 1.54) is 4.90 Å². The standard InChI is InChI=1S/C25H33NO4/c1-6-10-19(2)26(24(28)30-25(3,4)5)17-23(27)21-13-15-22(16-14-21)29-18-20-11-8-7-9-12-20/h7-9,11-16,19H,6,10,17-18H2,1-5H3/t19-/m1/s1. The van der Waals surface area contributed by atoms with Gasteiger partial charge in [0.05, 0.1) is 6.54 Å². The lowest BCUT2D eigenvalue weighted by molar-refractivity contribution is 0.0169. The number of nitrogens with zero attached hydrogens (tertiary/aromatic N) is 1. The maximum absolute atomic E-state index is 12.8. The summed E-state index contributed by atoms with van der Waals surface area (Å²) >= 11 is 0. The fourth-order valence-electron chi connectivity index (χ4n) is 3.02. The van der Waals surface area contributed by atoms with Gasteiger partial charge in [-0.3, -0.25) is 9.69 Å². The van der Waals surface area contributed by atoms with Gasteiger partial charge in [0.25, 0.3) is 0 Å². The van der Waals surface area contributed by atoms with Gasteiger partial charge in [-0.25, -0.2) is 4.79 Å². The number of rotatable bonds is 9. The van der Waals surface area contributed by atoms with E-state index in [0.717, 1.165) is 18.4 Å². The maximum atomic E-state index is 12.8. The summed E-state index contributed by atoms with van der Waals surface area (Å²) in [6, 6.07) is 16.9. The molecule has 0 heterocycles. The van der Waals surface area contributed by atoms with Gasteiger partial charge >= 0.3 is 6.09 Å². The molecule has 0 aliphatic heterocycles. The lowest BCUT2D eigenvalue weighted by Gasteiger charge is -2.31. The molecule has 0 aliphatic rings. The molecule has 0 N–H and O–H groups in total. The quantitative estimate of drug-likeness (QED) is 0.484. The van der Waals surface area contributed by atoms with Crippen LogP contribution in [0.2, 0.25) is 0 Å². The van der Waals surface area contributed by atoms with Crippen molar-refractivity contribution in [2.75, 3.05) is 6.54 Å². The minimum absolute atomic E-state index is 0.0136. The van der Waals surface area contributed by atoms with E-state index in [0.29, 0.717) is 17.9 Å². The van der Waals surface area contributed by atoms with Crippen molar-refractivity contribution in [1.29, 1.82) is 0 Å². The van der Waals surface area contributed by atoms with Crippen LogP contribution in [0.4, 0.5) is 4.79 Å². The molecular formula is C25H33NO4. The van der Waals surface area contributed by atoms with Gasteiger partial charge in [0.15, 0.2) is 5.78 Å². The summed E-state index contributed by atoms with van der Waals surface area (Å²) in [5, 5.41) is 0. The van der Waals surface area contributed by atoms with Crippen LogP contribution in [-0.2, 0) is 11.3 Å². The van der Waals surface area contributed by atoms with E-state index in [4.69, 9.17) is 9.47 Å². The van der Waals surface area contributed by atoms with Crippen LogP contribution in [0, 0.1) is 0 Å². The number of carbonyl (C=O) groups is 2. The number of amides is 1. The van der Waals surface area contributed by atoms with E-state index < -0.39 is 11.7 Å². The number of carbonyl (C=O) groups excluding carboxylic acids is 2. The Kier molecular flexibility index (Phi) is 8.46. The van der Waals surface area contributed by atoms with Crippen molar-refractivity contribution in [2.45, 2.75) is 65.7 Å². The Hall–Kier alpha value is -2.82. The highest BCUT2D eigenvalue weighted by atomic mass is 16.6. The van der Waals surface area contributed by atoms with E-state index in [-0.39, 0.29) is 18.4 Å². The molecule has 2 aromatic rings. The predicted molar refractivity (Wildman–Crippen MR) is 119 cm³/mol. The molecule has 162 valence electrons. The van der Waals surface area contributed by atoms with Crippen LogP contribution in [0.5, 0.6) is 5.75 Å². The summed E-state index contributed by atoms with van der Waals surface area (Å²) in [6.07, 6.45) is 1.26. The normalized spacial score (nSPS) is 12.2. The van der Waals surface area contributed by atoms with Crippen molar-refractivity contribution in [3.05, 3.63) is 65.7 Å². The molecule has 0 fully saturated rings. The van der Waals surface area contributed by atoms with Gasteiger partial charge in [0.2, 0.25) is 0 Å². The van der Waals surface area contributed by atoms with E-state index in [2.05, 4.69) is 6.92 Å². The zero-order valence-electron chi connectivity index (χ0n) is 18.7. The van der Waals surface area contributed by atoms with Gasteiger partial charge in [-0.1, -0.05) is 43.7 Å². The fourth-order valence-corrected chi connectivity index (χ4v) is 3.02. The third kappa shape index (κ3) is 7.54. The zero-order chi connectivity index (χ0) is 22.1. The van der Waals surface area contributed by atoms with Crippen LogP contribution in [0.1, 0.15) is 63.4 Å². The van der Waals surface area contributed by atoms with Crippen molar-refractivity contribution in [2.24, 2.45) is 0 Å². The molecule has 0 aromatic heterocycles. The minimum Gasteiger partial charge on any atom is -0.489 e. The van der Waals surface area contributed by atoms with Crippen molar-refractivity contribution in [3.63, 3.8) is 0 Å². The van der Waals surface area contributed by atoms with E-state index in [9.17, 15) is 9.59 Å². The fraction of sp³-hybridized carbons (Fsp3) is 0.440. The summed E-state index contributed by atoms with van der Waals surface area (Å²) in [7, 11) is 0. The van der Waals surface area contributed by atoms with E-state index in [1.807, 2.05) is 58.0 Å². The zero-order valence-corrected chi connectivity index (χ0v) is 18.7. The summed E-state index contributed by atoms with van der Waals surface area (Å²) in [5.74, 6) is 0.567. The summed E-state index contributed by atoms with van der Waals surface area (Å²) in [6.45, 7) is 9.92. The summed E-state index contributed by atoms with van der Waals surface area (Å²) in [4.78, 5) is 27.0. The third-order valence-corrected chi connectivity index (χ3v) is 4.61. The van der Waals surface area contributed by atoms with Gasteiger partial charge in [0, 0.05) is 11.6 Å². The first-order valence-electron chi connectivity index (χ1n) is 10.5. The van der Waals surface area contributed by atoms with Gasteiger partial charge in [-0.2, -0.15) is 0 Å². The van der Waals surface area contributed by atoms with Gasteiger partial charge in [-0.15, -0.1) is 0 Å². The van der Waals surface area contributed by atoms with E-state index in [1.54, 1.807) is 24.3 Å². The molecule has 0 bridgehead atoms. The smallest absolute Gasteiger partial charge is 0.410 e. The average molecular weight is 412 g/mol. The highest BCUT2D eigenvalue weighted by molar-refractivity contribution is 5.99. The average Bonchev–Trinajstić information content (AvgIpc) is 2.70. The summed E-state index contributed by atoms with van der Waals surface area (Å²) in [5.41, 5.74) is 1.01. The molecule has 2 rings (SSSR count). The van der Waals surface area contributed by atoms with Crippen LogP contribution in [0.3, 0.4) is 0 Å². The number of hydrogen-bond acceptors (Lipinski definition) is 4. The first kappa shape index (κ1) is 23.5. The van der Waals surface area contributed by atoms with Gasteiger partial charge in [-0.05, 0) is 63.9 Å². The highest BCUT2D eigenvalue weighted by Crippen LogP contribution is 2.18. The molecule has 1 atom stereocenters. The third-order valence-electron chi connectivity index (χ3n) is 4.61. The van der Waals surface area contributed by atoms with Crippen LogP contribution in [0.15, 0.2) is 54.6 Å². The lowest BCUT2D eigenvalue weighted by atomic mass is 10.1. The van der Waals surface area contributed by atoms with Crippen molar-refractivity contribution >= 4 is 11.9 Å².